The van der Waals surface area contributed by atoms with Gasteiger partial charge in [-0.3, -0.25) is 0 Å². The molecule has 2 aromatic rings. The van der Waals surface area contributed by atoms with Gasteiger partial charge in [0, 0.05) is 5.69 Å². The van der Waals surface area contributed by atoms with Crippen LogP contribution in [0, 0.1) is 5.82 Å². The van der Waals surface area contributed by atoms with E-state index in [2.05, 4.69) is 0 Å². The van der Waals surface area contributed by atoms with E-state index in [1.807, 2.05) is 0 Å². The van der Waals surface area contributed by atoms with Gasteiger partial charge in [-0.15, -0.1) is 11.3 Å². The molecule has 0 unspecified atom stereocenters. The minimum absolute atomic E-state index is 0.158. The lowest BCUT2D eigenvalue weighted by Gasteiger charge is -2.05. The first kappa shape index (κ1) is 12.1. The lowest BCUT2D eigenvalue weighted by Crippen LogP contribution is -2.05. The first-order valence-corrected chi connectivity index (χ1v) is 7.32. The smallest absolute Gasteiger partial charge is 0.191 e. The predicted octanol–water partition coefficient (Wildman–Crippen LogP) is 2.44. The zero-order valence-corrected chi connectivity index (χ0v) is 10.4. The molecule has 90 valence electrons. The zero-order valence-electron chi connectivity index (χ0n) is 8.76. The molecule has 0 bridgehead atoms. The van der Waals surface area contributed by atoms with Crippen LogP contribution in [0.2, 0.25) is 0 Å². The van der Waals surface area contributed by atoms with Crippen LogP contribution >= 0.6 is 11.3 Å². The van der Waals surface area contributed by atoms with Gasteiger partial charge in [0.2, 0.25) is 0 Å². The molecular weight excluding hydrogens is 261 g/mol. The molecule has 0 aliphatic rings. The van der Waals surface area contributed by atoms with Crippen molar-refractivity contribution in [1.29, 1.82) is 0 Å². The van der Waals surface area contributed by atoms with E-state index in [0.717, 1.165) is 17.4 Å². The molecular formula is C11H10FNO2S2. The van der Waals surface area contributed by atoms with E-state index in [4.69, 9.17) is 5.73 Å². The van der Waals surface area contributed by atoms with E-state index in [1.54, 1.807) is 17.5 Å². The molecule has 2 N–H and O–H groups in total. The summed E-state index contributed by atoms with van der Waals surface area (Å²) in [7, 11) is -3.39. The minimum Gasteiger partial charge on any atom is -0.398 e. The van der Waals surface area contributed by atoms with Gasteiger partial charge in [-0.2, -0.15) is 0 Å². The second-order valence-electron chi connectivity index (χ2n) is 3.53. The Morgan fingerprint density at radius 1 is 1.29 bits per heavy atom. The first-order chi connectivity index (χ1) is 7.99. The molecule has 0 spiro atoms. The summed E-state index contributed by atoms with van der Waals surface area (Å²) in [5, 5.41) is 1.70. The average Bonchev–Trinajstić information content (AvgIpc) is 2.76. The molecule has 0 atom stereocenters. The highest BCUT2D eigenvalue weighted by Crippen LogP contribution is 2.24. The van der Waals surface area contributed by atoms with Crippen molar-refractivity contribution >= 4 is 26.9 Å². The Balaban J connectivity index is 2.33. The Hall–Kier alpha value is -1.40. The van der Waals surface area contributed by atoms with Crippen LogP contribution in [0.5, 0.6) is 0 Å². The number of halogens is 1. The minimum atomic E-state index is -3.39. The molecule has 0 aliphatic carbocycles. The van der Waals surface area contributed by atoms with Crippen LogP contribution in [-0.4, -0.2) is 8.42 Å². The molecule has 2 rings (SSSR count). The van der Waals surface area contributed by atoms with Gasteiger partial charge in [-0.05, 0) is 29.1 Å². The van der Waals surface area contributed by atoms with E-state index in [9.17, 15) is 12.8 Å². The fourth-order valence-electron chi connectivity index (χ4n) is 1.41. The topological polar surface area (TPSA) is 60.2 Å². The molecule has 0 aliphatic heterocycles. The lowest BCUT2D eigenvalue weighted by atomic mass is 10.2. The predicted molar refractivity (Wildman–Crippen MR) is 66.0 cm³/mol. The maximum absolute atomic E-state index is 12.8. The molecule has 0 saturated carbocycles. The molecule has 3 nitrogen and oxygen atoms in total. The van der Waals surface area contributed by atoms with Gasteiger partial charge in [0.1, 0.15) is 10.0 Å². The normalized spacial score (nSPS) is 11.6. The number of sulfone groups is 1. The number of hydrogen-bond donors (Lipinski definition) is 1. The highest BCUT2D eigenvalue weighted by molar-refractivity contribution is 7.92. The van der Waals surface area contributed by atoms with Crippen molar-refractivity contribution in [2.45, 2.75) is 9.96 Å². The van der Waals surface area contributed by atoms with Gasteiger partial charge in [0.05, 0.1) is 5.75 Å². The van der Waals surface area contributed by atoms with Crippen molar-refractivity contribution in [1.82, 2.24) is 0 Å². The van der Waals surface area contributed by atoms with Crippen molar-refractivity contribution in [2.24, 2.45) is 0 Å². The fraction of sp³-hybridized carbons (Fsp3) is 0.0909. The maximum Gasteiger partial charge on any atom is 0.191 e. The molecule has 0 radical (unpaired) electrons. The number of nitrogen functional groups attached to an aromatic ring is 1. The average molecular weight is 271 g/mol. The van der Waals surface area contributed by atoms with Crippen LogP contribution < -0.4 is 5.73 Å². The van der Waals surface area contributed by atoms with Crippen LogP contribution in [0.4, 0.5) is 10.1 Å². The third kappa shape index (κ3) is 2.65. The number of anilines is 1. The molecule has 0 fully saturated rings. The molecule has 1 aromatic carbocycles. The van der Waals surface area contributed by atoms with Gasteiger partial charge >= 0.3 is 0 Å². The monoisotopic (exact) mass is 271 g/mol. The molecule has 0 saturated heterocycles. The van der Waals surface area contributed by atoms with E-state index in [1.165, 1.54) is 12.1 Å². The van der Waals surface area contributed by atoms with Gasteiger partial charge in [0.25, 0.3) is 0 Å². The van der Waals surface area contributed by atoms with Crippen LogP contribution in [0.1, 0.15) is 5.56 Å². The van der Waals surface area contributed by atoms with E-state index < -0.39 is 15.7 Å². The Morgan fingerprint density at radius 3 is 2.65 bits per heavy atom. The lowest BCUT2D eigenvalue weighted by molar-refractivity contribution is 0.597. The number of rotatable bonds is 3. The molecule has 1 heterocycles. The highest BCUT2D eigenvalue weighted by Gasteiger charge is 2.17. The van der Waals surface area contributed by atoms with Crippen LogP contribution in [0.25, 0.3) is 0 Å². The summed E-state index contributed by atoms with van der Waals surface area (Å²) in [5.74, 6) is -0.681. The van der Waals surface area contributed by atoms with Crippen molar-refractivity contribution < 1.29 is 12.8 Å². The van der Waals surface area contributed by atoms with E-state index in [-0.39, 0.29) is 11.4 Å². The van der Waals surface area contributed by atoms with Crippen molar-refractivity contribution in [3.05, 3.63) is 47.1 Å². The first-order valence-electron chi connectivity index (χ1n) is 4.79. The largest absolute Gasteiger partial charge is 0.398 e. The van der Waals surface area contributed by atoms with Crippen molar-refractivity contribution in [2.75, 3.05) is 5.73 Å². The van der Waals surface area contributed by atoms with E-state index >= 15 is 0 Å². The Bertz CT molecular complexity index is 621. The van der Waals surface area contributed by atoms with E-state index in [0.29, 0.717) is 9.77 Å². The standard InChI is InChI=1S/C11H10FNO2S2/c12-9-4-3-8(10(13)6-9)7-17(14,15)11-2-1-5-16-11/h1-6H,7,13H2. The van der Waals surface area contributed by atoms with Crippen LogP contribution in [-0.2, 0) is 15.6 Å². The van der Waals surface area contributed by atoms with Crippen LogP contribution in [0.3, 0.4) is 0 Å². The molecule has 17 heavy (non-hydrogen) atoms. The summed E-state index contributed by atoms with van der Waals surface area (Å²) < 4.78 is 37.0. The van der Waals surface area contributed by atoms with Gasteiger partial charge in [-0.25, -0.2) is 12.8 Å². The van der Waals surface area contributed by atoms with Gasteiger partial charge in [-0.1, -0.05) is 12.1 Å². The third-order valence-corrected chi connectivity index (χ3v) is 5.41. The number of benzene rings is 1. The zero-order chi connectivity index (χ0) is 12.5. The van der Waals surface area contributed by atoms with Crippen molar-refractivity contribution in [3.8, 4) is 0 Å². The number of hydrogen-bond acceptors (Lipinski definition) is 4. The van der Waals surface area contributed by atoms with Gasteiger partial charge in [0.15, 0.2) is 9.84 Å². The summed E-state index contributed by atoms with van der Waals surface area (Å²) in [6.45, 7) is 0. The Labute approximate surface area is 103 Å². The second-order valence-corrected chi connectivity index (χ2v) is 6.70. The summed E-state index contributed by atoms with van der Waals surface area (Å²) >= 11 is 1.16. The fourth-order valence-corrected chi connectivity index (χ4v) is 3.89. The van der Waals surface area contributed by atoms with Crippen LogP contribution in [0.15, 0.2) is 39.9 Å². The highest BCUT2D eigenvalue weighted by atomic mass is 32.2. The summed E-state index contributed by atoms with van der Waals surface area (Å²) in [5.41, 5.74) is 6.15. The SMILES string of the molecule is Nc1cc(F)ccc1CS(=O)(=O)c1cccs1. The number of nitrogens with two attached hydrogens (primary N) is 1. The Morgan fingerprint density at radius 2 is 2.06 bits per heavy atom. The Kier molecular flexibility index (Phi) is 3.17. The molecule has 6 heteroatoms. The van der Waals surface area contributed by atoms with Gasteiger partial charge < -0.3 is 5.73 Å². The quantitative estimate of drug-likeness (QED) is 0.872. The summed E-state index contributed by atoms with van der Waals surface area (Å²) in [6, 6.07) is 6.94. The molecule has 0 amide bonds. The summed E-state index contributed by atoms with van der Waals surface area (Å²) in [6.07, 6.45) is 0. The van der Waals surface area contributed by atoms with Crippen molar-refractivity contribution in [3.63, 3.8) is 0 Å². The second kappa shape index (κ2) is 4.46. The third-order valence-electron chi connectivity index (χ3n) is 2.26. The molecule has 1 aromatic heterocycles. The maximum atomic E-state index is 12.8. The summed E-state index contributed by atoms with van der Waals surface area (Å²) in [4.78, 5) is 0. The number of thiophene rings is 1.